The van der Waals surface area contributed by atoms with Crippen LogP contribution in [0.2, 0.25) is 0 Å². The number of methoxy groups -OCH3 is 1. The second-order valence-electron chi connectivity index (χ2n) is 3.88. The van der Waals surface area contributed by atoms with Crippen LogP contribution in [0.25, 0.3) is 11.3 Å². The highest BCUT2D eigenvalue weighted by Gasteiger charge is 2.02. The van der Waals surface area contributed by atoms with E-state index in [1.54, 1.807) is 30.9 Å². The molecule has 0 aliphatic heterocycles. The Labute approximate surface area is 105 Å². The van der Waals surface area contributed by atoms with Gasteiger partial charge in [0.2, 0.25) is 0 Å². The number of hydrogen-bond donors (Lipinski definition) is 0. The average molecular weight is 245 g/mol. The zero-order valence-corrected chi connectivity index (χ0v) is 10.4. The average Bonchev–Trinajstić information content (AvgIpc) is 2.40. The van der Waals surface area contributed by atoms with Crippen molar-refractivity contribution in [2.75, 3.05) is 13.9 Å². The number of hydrogen-bond acceptors (Lipinski definition) is 3. The van der Waals surface area contributed by atoms with Crippen molar-refractivity contribution in [3.8, 4) is 17.0 Å². The van der Waals surface area contributed by atoms with E-state index in [9.17, 15) is 4.79 Å². The van der Waals surface area contributed by atoms with Gasteiger partial charge in [-0.05, 0) is 35.9 Å². The molecule has 94 valence electrons. The minimum atomic E-state index is -0.0211. The summed E-state index contributed by atoms with van der Waals surface area (Å²) in [6.07, 6.45) is 0. The highest BCUT2D eigenvalue weighted by molar-refractivity contribution is 5.60. The van der Waals surface area contributed by atoms with Crippen LogP contribution >= 0.6 is 0 Å². The normalized spacial score (nSPS) is 10.3. The predicted octanol–water partition coefficient (Wildman–Crippen LogP) is 2.04. The van der Waals surface area contributed by atoms with Gasteiger partial charge >= 0.3 is 0 Å². The first-order valence-corrected chi connectivity index (χ1v) is 5.60. The van der Waals surface area contributed by atoms with Crippen molar-refractivity contribution in [2.24, 2.45) is 7.05 Å². The van der Waals surface area contributed by atoms with E-state index >= 15 is 0 Å². The summed E-state index contributed by atoms with van der Waals surface area (Å²) in [5, 5.41) is 0. The van der Waals surface area contributed by atoms with Crippen LogP contribution in [0.1, 0.15) is 0 Å². The van der Waals surface area contributed by atoms with E-state index in [1.807, 2.05) is 30.3 Å². The van der Waals surface area contributed by atoms with Gasteiger partial charge in [-0.3, -0.25) is 4.79 Å². The third kappa shape index (κ3) is 2.60. The van der Waals surface area contributed by atoms with E-state index in [4.69, 9.17) is 9.47 Å². The minimum absolute atomic E-state index is 0.0211. The number of aromatic nitrogens is 1. The number of rotatable bonds is 4. The molecular weight excluding hydrogens is 230 g/mol. The first-order chi connectivity index (χ1) is 8.72. The fraction of sp³-hybridized carbons (Fsp3) is 0.214. The molecular formula is C14H15NO3. The summed E-state index contributed by atoms with van der Waals surface area (Å²) in [4.78, 5) is 11.5. The third-order valence-corrected chi connectivity index (χ3v) is 2.68. The summed E-state index contributed by atoms with van der Waals surface area (Å²) in [5.74, 6) is 0.738. The van der Waals surface area contributed by atoms with Crippen LogP contribution in [0.15, 0.2) is 47.3 Å². The van der Waals surface area contributed by atoms with Crippen LogP contribution in [-0.2, 0) is 11.8 Å². The van der Waals surface area contributed by atoms with Crippen molar-refractivity contribution in [1.29, 1.82) is 0 Å². The molecule has 0 unspecified atom stereocenters. The second kappa shape index (κ2) is 5.51. The van der Waals surface area contributed by atoms with E-state index in [0.29, 0.717) is 0 Å². The molecule has 0 N–H and O–H groups in total. The van der Waals surface area contributed by atoms with Gasteiger partial charge in [-0.2, -0.15) is 0 Å². The number of nitrogens with zero attached hydrogens (tertiary/aromatic N) is 1. The van der Waals surface area contributed by atoms with Gasteiger partial charge < -0.3 is 14.0 Å². The smallest absolute Gasteiger partial charge is 0.250 e. The third-order valence-electron chi connectivity index (χ3n) is 2.68. The molecule has 1 aromatic heterocycles. The van der Waals surface area contributed by atoms with Crippen LogP contribution in [-0.4, -0.2) is 18.5 Å². The molecule has 0 radical (unpaired) electrons. The molecule has 4 nitrogen and oxygen atoms in total. The Kier molecular flexibility index (Phi) is 3.79. The molecule has 0 fully saturated rings. The van der Waals surface area contributed by atoms with Crippen LogP contribution in [0.3, 0.4) is 0 Å². The van der Waals surface area contributed by atoms with Crippen molar-refractivity contribution >= 4 is 0 Å². The van der Waals surface area contributed by atoms with Crippen molar-refractivity contribution in [2.45, 2.75) is 0 Å². The van der Waals surface area contributed by atoms with Crippen molar-refractivity contribution in [3.63, 3.8) is 0 Å². The Balaban J connectivity index is 2.29. The molecule has 4 heteroatoms. The molecule has 2 rings (SSSR count). The lowest BCUT2D eigenvalue weighted by molar-refractivity contribution is 0.0511. The van der Waals surface area contributed by atoms with Gasteiger partial charge in [0.25, 0.3) is 5.56 Å². The van der Waals surface area contributed by atoms with E-state index in [2.05, 4.69) is 0 Å². The van der Waals surface area contributed by atoms with E-state index in [1.165, 1.54) is 0 Å². The number of pyridine rings is 1. The van der Waals surface area contributed by atoms with Crippen LogP contribution < -0.4 is 10.3 Å². The zero-order valence-electron chi connectivity index (χ0n) is 10.4. The number of ether oxygens (including phenoxy) is 2. The summed E-state index contributed by atoms with van der Waals surface area (Å²) in [6, 6.07) is 12.7. The van der Waals surface area contributed by atoms with Gasteiger partial charge in [0, 0.05) is 20.2 Å². The summed E-state index contributed by atoms with van der Waals surface area (Å²) in [6.45, 7) is 0.225. The molecule has 1 heterocycles. The first kappa shape index (κ1) is 12.4. The fourth-order valence-electron chi connectivity index (χ4n) is 1.70. The van der Waals surface area contributed by atoms with Gasteiger partial charge in [0.05, 0.1) is 5.69 Å². The quantitative estimate of drug-likeness (QED) is 0.774. The number of benzene rings is 1. The molecule has 0 spiro atoms. The van der Waals surface area contributed by atoms with Gasteiger partial charge in [-0.1, -0.05) is 6.07 Å². The van der Waals surface area contributed by atoms with Gasteiger partial charge in [0.15, 0.2) is 6.79 Å². The molecule has 0 saturated carbocycles. The highest BCUT2D eigenvalue weighted by Crippen LogP contribution is 2.20. The standard InChI is InChI=1S/C14H15NO3/c1-15-13(4-3-5-14(15)16)11-6-8-12(9-7-11)18-10-17-2/h3-9H,10H2,1-2H3. The second-order valence-corrected chi connectivity index (χ2v) is 3.88. The Hall–Kier alpha value is -2.07. The largest absolute Gasteiger partial charge is 0.468 e. The summed E-state index contributed by atoms with van der Waals surface area (Å²) in [5.41, 5.74) is 1.83. The molecule has 2 aromatic rings. The van der Waals surface area contributed by atoms with Gasteiger partial charge in [-0.15, -0.1) is 0 Å². The molecule has 18 heavy (non-hydrogen) atoms. The van der Waals surface area contributed by atoms with E-state index in [-0.39, 0.29) is 12.4 Å². The maximum Gasteiger partial charge on any atom is 0.250 e. The predicted molar refractivity (Wildman–Crippen MR) is 69.6 cm³/mol. The maximum absolute atomic E-state index is 11.5. The lowest BCUT2D eigenvalue weighted by Crippen LogP contribution is -2.16. The van der Waals surface area contributed by atoms with Gasteiger partial charge in [0.1, 0.15) is 5.75 Å². The Bertz CT molecular complexity index is 572. The SMILES string of the molecule is COCOc1ccc(-c2cccc(=O)n2C)cc1. The molecule has 0 atom stereocenters. The van der Waals surface area contributed by atoms with Crippen molar-refractivity contribution in [1.82, 2.24) is 4.57 Å². The Morgan fingerprint density at radius 2 is 1.83 bits per heavy atom. The molecule has 0 bridgehead atoms. The lowest BCUT2D eigenvalue weighted by Gasteiger charge is -2.09. The lowest BCUT2D eigenvalue weighted by atomic mass is 10.1. The Morgan fingerprint density at radius 3 is 2.50 bits per heavy atom. The molecule has 1 aromatic carbocycles. The zero-order chi connectivity index (χ0) is 13.0. The van der Waals surface area contributed by atoms with Gasteiger partial charge in [-0.25, -0.2) is 0 Å². The summed E-state index contributed by atoms with van der Waals surface area (Å²) in [7, 11) is 3.33. The summed E-state index contributed by atoms with van der Waals surface area (Å²) < 4.78 is 11.8. The molecule has 0 saturated heterocycles. The minimum Gasteiger partial charge on any atom is -0.468 e. The molecule has 0 aliphatic rings. The maximum atomic E-state index is 11.5. The molecule has 0 amide bonds. The Morgan fingerprint density at radius 1 is 1.11 bits per heavy atom. The first-order valence-electron chi connectivity index (χ1n) is 5.60. The highest BCUT2D eigenvalue weighted by atomic mass is 16.7. The monoisotopic (exact) mass is 245 g/mol. The van der Waals surface area contributed by atoms with Crippen LogP contribution in [0.4, 0.5) is 0 Å². The summed E-state index contributed by atoms with van der Waals surface area (Å²) >= 11 is 0. The van der Waals surface area contributed by atoms with Crippen LogP contribution in [0, 0.1) is 0 Å². The molecule has 0 aliphatic carbocycles. The van der Waals surface area contributed by atoms with Crippen molar-refractivity contribution in [3.05, 3.63) is 52.8 Å². The topological polar surface area (TPSA) is 40.5 Å². The fourth-order valence-corrected chi connectivity index (χ4v) is 1.70. The van der Waals surface area contributed by atoms with E-state index in [0.717, 1.165) is 17.0 Å². The van der Waals surface area contributed by atoms with Crippen LogP contribution in [0.5, 0.6) is 5.75 Å². The van der Waals surface area contributed by atoms with Crippen molar-refractivity contribution < 1.29 is 9.47 Å². The van der Waals surface area contributed by atoms with E-state index < -0.39 is 0 Å².